The van der Waals surface area contributed by atoms with Crippen molar-refractivity contribution in [3.8, 4) is 0 Å². The first-order chi connectivity index (χ1) is 9.02. The van der Waals surface area contributed by atoms with Gasteiger partial charge in [-0.2, -0.15) is 0 Å². The van der Waals surface area contributed by atoms with Crippen molar-refractivity contribution in [3.63, 3.8) is 0 Å². The summed E-state index contributed by atoms with van der Waals surface area (Å²) in [5.74, 6) is -0.906. The van der Waals surface area contributed by atoms with Crippen molar-refractivity contribution in [2.24, 2.45) is 5.92 Å². The molecule has 5 heteroatoms. The molecule has 0 aliphatic carbocycles. The van der Waals surface area contributed by atoms with Crippen molar-refractivity contribution in [3.05, 3.63) is 34.9 Å². The fourth-order valence-corrected chi connectivity index (χ4v) is 2.39. The van der Waals surface area contributed by atoms with Gasteiger partial charge < -0.3 is 15.3 Å². The van der Waals surface area contributed by atoms with Crippen LogP contribution in [0.2, 0.25) is 0 Å². The van der Waals surface area contributed by atoms with Crippen LogP contribution in [0.15, 0.2) is 18.2 Å². The summed E-state index contributed by atoms with van der Waals surface area (Å²) in [7, 11) is 1.82. The van der Waals surface area contributed by atoms with E-state index in [9.17, 15) is 9.59 Å². The van der Waals surface area contributed by atoms with Crippen LogP contribution in [0.4, 0.5) is 0 Å². The summed E-state index contributed by atoms with van der Waals surface area (Å²) in [6, 6.07) is 5.05. The van der Waals surface area contributed by atoms with E-state index in [1.54, 1.807) is 23.1 Å². The Morgan fingerprint density at radius 1 is 1.37 bits per heavy atom. The average molecular weight is 262 g/mol. The molecule has 1 aliphatic rings. The molecule has 0 aromatic heterocycles. The minimum absolute atomic E-state index is 0.0711. The molecule has 1 heterocycles. The van der Waals surface area contributed by atoms with E-state index in [4.69, 9.17) is 5.11 Å². The smallest absolute Gasteiger partial charge is 0.335 e. The highest BCUT2D eigenvalue weighted by Crippen LogP contribution is 2.25. The number of benzene rings is 1. The average Bonchev–Trinajstić information content (AvgIpc) is 2.80. The number of carbonyl (C=O) groups is 2. The monoisotopic (exact) mass is 262 g/mol. The number of rotatable bonds is 4. The van der Waals surface area contributed by atoms with E-state index in [0.717, 1.165) is 11.1 Å². The van der Waals surface area contributed by atoms with Gasteiger partial charge in [0.1, 0.15) is 0 Å². The van der Waals surface area contributed by atoms with Crippen LogP contribution < -0.4 is 5.32 Å². The molecule has 2 N–H and O–H groups in total. The Kier molecular flexibility index (Phi) is 3.85. The molecule has 0 spiro atoms. The van der Waals surface area contributed by atoms with Gasteiger partial charge in [-0.1, -0.05) is 13.0 Å². The molecule has 1 unspecified atom stereocenters. The van der Waals surface area contributed by atoms with Crippen LogP contribution in [0.3, 0.4) is 0 Å². The minimum Gasteiger partial charge on any atom is -0.478 e. The molecule has 1 atom stereocenters. The highest BCUT2D eigenvalue weighted by Gasteiger charge is 2.26. The molecular weight excluding hydrogens is 244 g/mol. The van der Waals surface area contributed by atoms with Crippen LogP contribution in [0, 0.1) is 5.92 Å². The number of carbonyl (C=O) groups excluding carboxylic acids is 1. The maximum Gasteiger partial charge on any atom is 0.335 e. The van der Waals surface area contributed by atoms with Gasteiger partial charge in [0.25, 0.3) is 0 Å². The lowest BCUT2D eigenvalue weighted by atomic mass is 10.1. The van der Waals surface area contributed by atoms with Crippen LogP contribution in [0.25, 0.3) is 0 Å². The van der Waals surface area contributed by atoms with Gasteiger partial charge in [-0.3, -0.25) is 4.79 Å². The van der Waals surface area contributed by atoms with E-state index < -0.39 is 5.97 Å². The molecule has 0 saturated heterocycles. The summed E-state index contributed by atoms with van der Waals surface area (Å²) in [6.07, 6.45) is 0. The van der Waals surface area contributed by atoms with Gasteiger partial charge in [0.2, 0.25) is 5.91 Å². The SMILES string of the molecule is CNCC(C)C(=O)N1Cc2ccc(C(=O)O)cc2C1. The van der Waals surface area contributed by atoms with Crippen LogP contribution in [-0.2, 0) is 17.9 Å². The minimum atomic E-state index is -0.934. The van der Waals surface area contributed by atoms with Gasteiger partial charge >= 0.3 is 5.97 Å². The Morgan fingerprint density at radius 2 is 2.05 bits per heavy atom. The fraction of sp³-hybridized carbons (Fsp3) is 0.429. The largest absolute Gasteiger partial charge is 0.478 e. The first kappa shape index (κ1) is 13.5. The van der Waals surface area contributed by atoms with E-state index in [1.165, 1.54) is 0 Å². The number of hydrogen-bond donors (Lipinski definition) is 2. The second kappa shape index (κ2) is 5.40. The number of amides is 1. The van der Waals surface area contributed by atoms with Gasteiger partial charge in [-0.25, -0.2) is 4.79 Å². The molecule has 19 heavy (non-hydrogen) atoms. The first-order valence-electron chi connectivity index (χ1n) is 6.31. The summed E-state index contributed by atoms with van der Waals surface area (Å²) in [5.41, 5.74) is 2.25. The van der Waals surface area contributed by atoms with Gasteiger partial charge in [0.15, 0.2) is 0 Å². The lowest BCUT2D eigenvalue weighted by Gasteiger charge is -2.20. The zero-order valence-electron chi connectivity index (χ0n) is 11.1. The molecule has 102 valence electrons. The van der Waals surface area contributed by atoms with Crippen LogP contribution >= 0.6 is 0 Å². The van der Waals surface area contributed by atoms with Crippen LogP contribution in [0.5, 0.6) is 0 Å². The molecule has 1 aromatic rings. The highest BCUT2D eigenvalue weighted by atomic mass is 16.4. The maximum absolute atomic E-state index is 12.2. The summed E-state index contributed by atoms with van der Waals surface area (Å²) in [6.45, 7) is 3.61. The first-order valence-corrected chi connectivity index (χ1v) is 6.31. The zero-order chi connectivity index (χ0) is 14.0. The number of nitrogens with one attached hydrogen (secondary N) is 1. The van der Waals surface area contributed by atoms with Crippen LogP contribution in [0.1, 0.15) is 28.4 Å². The number of aromatic carboxylic acids is 1. The lowest BCUT2D eigenvalue weighted by molar-refractivity contribution is -0.135. The molecule has 1 aliphatic heterocycles. The molecule has 1 amide bonds. The van der Waals surface area contributed by atoms with E-state index >= 15 is 0 Å². The number of nitrogens with zero attached hydrogens (tertiary/aromatic N) is 1. The predicted molar refractivity (Wildman–Crippen MR) is 70.7 cm³/mol. The third-order valence-corrected chi connectivity index (χ3v) is 3.42. The van der Waals surface area contributed by atoms with Crippen molar-refractivity contribution in [1.82, 2.24) is 10.2 Å². The van der Waals surface area contributed by atoms with Crippen molar-refractivity contribution in [2.45, 2.75) is 20.0 Å². The summed E-state index contributed by atoms with van der Waals surface area (Å²) >= 11 is 0. The van der Waals surface area contributed by atoms with Crippen molar-refractivity contribution < 1.29 is 14.7 Å². The van der Waals surface area contributed by atoms with Crippen molar-refractivity contribution in [2.75, 3.05) is 13.6 Å². The fourth-order valence-electron chi connectivity index (χ4n) is 2.39. The summed E-state index contributed by atoms with van der Waals surface area (Å²) in [4.78, 5) is 24.9. The topological polar surface area (TPSA) is 69.6 Å². The number of hydrogen-bond acceptors (Lipinski definition) is 3. The molecule has 0 fully saturated rings. The number of carboxylic acid groups (broad SMARTS) is 1. The van der Waals surface area contributed by atoms with Gasteiger partial charge in [-0.15, -0.1) is 0 Å². The third kappa shape index (κ3) is 2.76. The van der Waals surface area contributed by atoms with Crippen molar-refractivity contribution in [1.29, 1.82) is 0 Å². The molecule has 0 saturated carbocycles. The molecule has 5 nitrogen and oxygen atoms in total. The maximum atomic E-state index is 12.2. The quantitative estimate of drug-likeness (QED) is 0.852. The van der Waals surface area contributed by atoms with Gasteiger partial charge in [0, 0.05) is 25.6 Å². The van der Waals surface area contributed by atoms with E-state index in [1.807, 2.05) is 14.0 Å². The van der Waals surface area contributed by atoms with Gasteiger partial charge in [0.05, 0.1) is 5.56 Å². The summed E-state index contributed by atoms with van der Waals surface area (Å²) < 4.78 is 0. The lowest BCUT2D eigenvalue weighted by Crippen LogP contribution is -2.35. The Balaban J connectivity index is 2.12. The van der Waals surface area contributed by atoms with E-state index in [-0.39, 0.29) is 17.4 Å². The molecule has 1 aromatic carbocycles. The van der Waals surface area contributed by atoms with Crippen LogP contribution in [-0.4, -0.2) is 35.5 Å². The Labute approximate surface area is 112 Å². The highest BCUT2D eigenvalue weighted by molar-refractivity contribution is 5.88. The Bertz CT molecular complexity index is 513. The molecule has 2 rings (SSSR count). The standard InChI is InChI=1S/C14H18N2O3/c1-9(6-15-2)13(17)16-7-11-4-3-10(14(18)19)5-12(11)8-16/h3-5,9,15H,6-8H2,1-2H3,(H,18,19). The third-order valence-electron chi connectivity index (χ3n) is 3.42. The number of carboxylic acids is 1. The Hall–Kier alpha value is -1.88. The second-order valence-electron chi connectivity index (χ2n) is 4.94. The van der Waals surface area contributed by atoms with Gasteiger partial charge in [-0.05, 0) is 30.3 Å². The Morgan fingerprint density at radius 3 is 2.68 bits per heavy atom. The molecular formula is C14H18N2O3. The predicted octanol–water partition coefficient (Wildman–Crippen LogP) is 1.08. The zero-order valence-corrected chi connectivity index (χ0v) is 11.1. The second-order valence-corrected chi connectivity index (χ2v) is 4.94. The number of fused-ring (bicyclic) bond motifs is 1. The van der Waals surface area contributed by atoms with E-state index in [2.05, 4.69) is 5.32 Å². The summed E-state index contributed by atoms with van der Waals surface area (Å²) in [5, 5.41) is 12.0. The molecule has 0 bridgehead atoms. The van der Waals surface area contributed by atoms with E-state index in [0.29, 0.717) is 19.6 Å². The van der Waals surface area contributed by atoms with Crippen molar-refractivity contribution >= 4 is 11.9 Å². The molecule has 0 radical (unpaired) electrons. The normalized spacial score (nSPS) is 15.2.